The second kappa shape index (κ2) is 11.3. The molecule has 0 bridgehead atoms. The number of hydrogen-bond donors (Lipinski definition) is 4. The first-order chi connectivity index (χ1) is 18.4. The molecule has 3 aromatic carbocycles. The maximum Gasteiger partial charge on any atom is 0.233 e. The minimum Gasteiger partial charge on any atom is -0.394 e. The molecule has 2 fully saturated rings. The first kappa shape index (κ1) is 26.5. The first-order valence-corrected chi connectivity index (χ1v) is 12.9. The molecule has 3 aromatic rings. The third kappa shape index (κ3) is 5.10. The van der Waals surface area contributed by atoms with Gasteiger partial charge in [-0.05, 0) is 60.2 Å². The average Bonchev–Trinajstić information content (AvgIpc) is 2.94. The molecule has 1 unspecified atom stereocenters. The van der Waals surface area contributed by atoms with Gasteiger partial charge in [0.25, 0.3) is 0 Å². The Kier molecular flexibility index (Phi) is 7.88. The number of amides is 1. The van der Waals surface area contributed by atoms with Gasteiger partial charge < -0.3 is 30.1 Å². The van der Waals surface area contributed by atoms with E-state index in [0.717, 1.165) is 18.4 Å². The van der Waals surface area contributed by atoms with E-state index in [-0.39, 0.29) is 23.7 Å². The molecule has 5 rings (SSSR count). The number of β-lactam (4-membered cyclic amide) rings is 1. The van der Waals surface area contributed by atoms with Crippen LogP contribution < -0.4 is 4.90 Å². The van der Waals surface area contributed by atoms with Gasteiger partial charge in [0.1, 0.15) is 36.3 Å². The van der Waals surface area contributed by atoms with Crippen molar-refractivity contribution >= 4 is 11.6 Å². The van der Waals surface area contributed by atoms with Crippen LogP contribution in [0.2, 0.25) is 0 Å². The second-order valence-corrected chi connectivity index (χ2v) is 10.0. The maximum atomic E-state index is 13.6. The molecule has 7 atom stereocenters. The van der Waals surface area contributed by atoms with Crippen molar-refractivity contribution in [2.75, 3.05) is 11.5 Å². The number of halogens is 1. The molecule has 7 nitrogen and oxygen atoms in total. The van der Waals surface area contributed by atoms with Crippen LogP contribution in [0.15, 0.2) is 78.9 Å². The molecule has 2 saturated heterocycles. The van der Waals surface area contributed by atoms with Gasteiger partial charge >= 0.3 is 0 Å². The number of aliphatic hydroxyl groups is 4. The smallest absolute Gasteiger partial charge is 0.233 e. The first-order valence-electron chi connectivity index (χ1n) is 12.9. The summed E-state index contributed by atoms with van der Waals surface area (Å²) in [6.45, 7) is -0.499. The Balaban J connectivity index is 1.37. The molecule has 4 N–H and O–H groups in total. The molecule has 200 valence electrons. The van der Waals surface area contributed by atoms with Crippen LogP contribution in [0.4, 0.5) is 10.1 Å². The molecule has 38 heavy (non-hydrogen) atoms. The van der Waals surface area contributed by atoms with E-state index in [2.05, 4.69) is 12.1 Å². The number of aryl methyl sites for hydroxylation is 1. The summed E-state index contributed by atoms with van der Waals surface area (Å²) < 4.78 is 19.2. The molecule has 0 aromatic heterocycles. The van der Waals surface area contributed by atoms with E-state index in [9.17, 15) is 29.6 Å². The van der Waals surface area contributed by atoms with E-state index in [1.165, 1.54) is 17.7 Å². The van der Waals surface area contributed by atoms with E-state index in [0.29, 0.717) is 17.7 Å². The molecule has 2 aliphatic heterocycles. The summed E-state index contributed by atoms with van der Waals surface area (Å²) >= 11 is 0. The van der Waals surface area contributed by atoms with Crippen molar-refractivity contribution in [2.24, 2.45) is 5.92 Å². The Labute approximate surface area is 220 Å². The van der Waals surface area contributed by atoms with Crippen LogP contribution in [-0.2, 0) is 16.0 Å². The predicted octanol–water partition coefficient (Wildman–Crippen LogP) is 3.07. The van der Waals surface area contributed by atoms with Crippen LogP contribution in [0, 0.1) is 11.7 Å². The van der Waals surface area contributed by atoms with E-state index in [4.69, 9.17) is 4.74 Å². The Morgan fingerprint density at radius 3 is 2.13 bits per heavy atom. The lowest BCUT2D eigenvalue weighted by Gasteiger charge is -2.48. The summed E-state index contributed by atoms with van der Waals surface area (Å²) in [4.78, 5) is 15.0. The molecule has 0 spiro atoms. The van der Waals surface area contributed by atoms with Crippen LogP contribution >= 0.6 is 0 Å². The van der Waals surface area contributed by atoms with Crippen molar-refractivity contribution in [2.45, 2.75) is 55.8 Å². The number of hydrogen-bond acceptors (Lipinski definition) is 6. The summed E-state index contributed by atoms with van der Waals surface area (Å²) in [5.41, 5.74) is 3.30. The average molecular weight is 522 g/mol. The summed E-state index contributed by atoms with van der Waals surface area (Å²) in [5.74, 6) is -0.615. The van der Waals surface area contributed by atoms with Gasteiger partial charge in [0.15, 0.2) is 0 Å². The zero-order valence-corrected chi connectivity index (χ0v) is 20.8. The van der Waals surface area contributed by atoms with Crippen molar-refractivity contribution in [3.05, 3.63) is 101 Å². The highest BCUT2D eigenvalue weighted by atomic mass is 19.1. The highest BCUT2D eigenvalue weighted by Crippen LogP contribution is 2.46. The number of anilines is 1. The highest BCUT2D eigenvalue weighted by Gasteiger charge is 2.48. The summed E-state index contributed by atoms with van der Waals surface area (Å²) in [6, 6.07) is 23.0. The quantitative estimate of drug-likeness (QED) is 0.339. The van der Waals surface area contributed by atoms with Crippen LogP contribution in [0.5, 0.6) is 0 Å². The van der Waals surface area contributed by atoms with Gasteiger partial charge in [0.05, 0.1) is 18.6 Å². The number of rotatable bonds is 8. The number of ether oxygens (including phenoxy) is 1. The number of carbonyl (C=O) groups excluding carboxylic acids is 1. The minimum absolute atomic E-state index is 0.00678. The zero-order valence-electron chi connectivity index (χ0n) is 20.8. The lowest BCUT2D eigenvalue weighted by molar-refractivity contribution is -0.231. The van der Waals surface area contributed by atoms with Crippen molar-refractivity contribution in [3.8, 4) is 0 Å². The lowest BCUT2D eigenvalue weighted by atomic mass is 9.78. The summed E-state index contributed by atoms with van der Waals surface area (Å²) in [7, 11) is 0. The van der Waals surface area contributed by atoms with Gasteiger partial charge in [-0.2, -0.15) is 0 Å². The predicted molar refractivity (Wildman–Crippen MR) is 139 cm³/mol. The standard InChI is InChI=1S/C30H32FNO6/c31-21-13-15-22(16-14-21)32-25(23(30(32)37)8-4-7-18-5-2-1-3-6-18)19-9-11-20(12-10-19)29-28(36)27(35)26(34)24(17-33)38-29/h1-3,5-6,9-16,23-29,33-36H,4,7-8,17H2/t23-,24-,25-,26-,27+,28-,29?/m1/s1. The van der Waals surface area contributed by atoms with Gasteiger partial charge in [-0.25, -0.2) is 4.39 Å². The van der Waals surface area contributed by atoms with Gasteiger partial charge in [0, 0.05) is 5.69 Å². The molecule has 0 saturated carbocycles. The van der Waals surface area contributed by atoms with Crippen molar-refractivity contribution in [1.82, 2.24) is 0 Å². The van der Waals surface area contributed by atoms with Crippen molar-refractivity contribution < 1.29 is 34.3 Å². The monoisotopic (exact) mass is 521 g/mol. The number of carbonyl (C=O) groups is 1. The fourth-order valence-corrected chi connectivity index (χ4v) is 5.53. The zero-order chi connectivity index (χ0) is 26.8. The normalized spacial score (nSPS) is 29.2. The molecule has 0 aliphatic carbocycles. The number of aliphatic hydroxyl groups excluding tert-OH is 4. The third-order valence-electron chi connectivity index (χ3n) is 7.64. The Hall–Kier alpha value is -3.14. The highest BCUT2D eigenvalue weighted by molar-refractivity contribution is 6.03. The van der Waals surface area contributed by atoms with Gasteiger partial charge in [0.2, 0.25) is 5.91 Å². The fraction of sp³-hybridized carbons (Fsp3) is 0.367. The molecule has 2 heterocycles. The number of benzene rings is 3. The SMILES string of the molecule is O=C1[C@H](CCCc2ccccc2)[C@@H](c2ccc(C3O[C@H](CO)[C@@H](O)[C@H](O)[C@H]3O)cc2)N1c1ccc(F)cc1. The topological polar surface area (TPSA) is 110 Å². The molecule has 2 aliphatic rings. The lowest BCUT2D eigenvalue weighted by Crippen LogP contribution is -2.55. The number of nitrogens with zero attached hydrogens (tertiary/aromatic N) is 1. The van der Waals surface area contributed by atoms with Crippen molar-refractivity contribution in [1.29, 1.82) is 0 Å². The van der Waals surface area contributed by atoms with E-state index in [1.807, 2.05) is 30.3 Å². The van der Waals surface area contributed by atoms with E-state index >= 15 is 0 Å². The Morgan fingerprint density at radius 1 is 0.816 bits per heavy atom. The van der Waals surface area contributed by atoms with Crippen LogP contribution in [0.25, 0.3) is 0 Å². The summed E-state index contributed by atoms with van der Waals surface area (Å²) in [6.07, 6.45) is -3.77. The molecular formula is C30H32FNO6. The molecule has 0 radical (unpaired) electrons. The van der Waals surface area contributed by atoms with E-state index in [1.54, 1.807) is 29.2 Å². The van der Waals surface area contributed by atoms with Gasteiger partial charge in [-0.3, -0.25) is 4.79 Å². The van der Waals surface area contributed by atoms with Gasteiger partial charge in [-0.15, -0.1) is 0 Å². The third-order valence-corrected chi connectivity index (χ3v) is 7.64. The van der Waals surface area contributed by atoms with Crippen LogP contribution in [-0.4, -0.2) is 57.4 Å². The van der Waals surface area contributed by atoms with Gasteiger partial charge in [-0.1, -0.05) is 54.6 Å². The molecule has 8 heteroatoms. The fourth-order valence-electron chi connectivity index (χ4n) is 5.53. The Morgan fingerprint density at radius 2 is 1.47 bits per heavy atom. The molecular weight excluding hydrogens is 489 g/mol. The molecule has 1 amide bonds. The largest absolute Gasteiger partial charge is 0.394 e. The van der Waals surface area contributed by atoms with Crippen LogP contribution in [0.1, 0.15) is 41.7 Å². The summed E-state index contributed by atoms with van der Waals surface area (Å²) in [5, 5.41) is 40.2. The maximum absolute atomic E-state index is 13.6. The van der Waals surface area contributed by atoms with Crippen molar-refractivity contribution in [3.63, 3.8) is 0 Å². The van der Waals surface area contributed by atoms with E-state index < -0.39 is 37.1 Å². The van der Waals surface area contributed by atoms with Crippen LogP contribution in [0.3, 0.4) is 0 Å². The second-order valence-electron chi connectivity index (χ2n) is 10.0. The Bertz CT molecular complexity index is 1220. The minimum atomic E-state index is -1.46.